The van der Waals surface area contributed by atoms with Crippen LogP contribution in [0.4, 0.5) is 10.1 Å². The Morgan fingerprint density at radius 3 is 2.53 bits per heavy atom. The monoisotopic (exact) mass is 272 g/mol. The fourth-order valence-electron chi connectivity index (χ4n) is 1.78. The van der Waals surface area contributed by atoms with Crippen LogP contribution in [0.2, 0.25) is 0 Å². The van der Waals surface area contributed by atoms with Gasteiger partial charge in [-0.25, -0.2) is 4.39 Å². The number of nitro benzene ring substituents is 1. The highest BCUT2D eigenvalue weighted by Crippen LogP contribution is 2.29. The summed E-state index contributed by atoms with van der Waals surface area (Å²) >= 11 is 0. The molecule has 0 aliphatic heterocycles. The first-order valence-corrected chi connectivity index (χ1v) is 5.60. The molecule has 1 rings (SSSR count). The van der Waals surface area contributed by atoms with Crippen molar-refractivity contribution in [2.24, 2.45) is 5.73 Å². The van der Waals surface area contributed by atoms with Gasteiger partial charge in [0, 0.05) is 43.9 Å². The second kappa shape index (κ2) is 6.05. The molecule has 0 saturated heterocycles. The molecule has 0 aliphatic carbocycles. The quantitative estimate of drug-likeness (QED) is 0.485. The Morgan fingerprint density at radius 2 is 2.05 bits per heavy atom. The summed E-state index contributed by atoms with van der Waals surface area (Å²) in [6.45, 7) is 1.57. The van der Waals surface area contributed by atoms with Crippen LogP contribution in [0, 0.1) is 15.9 Å². The third-order valence-electron chi connectivity index (χ3n) is 2.89. The SMILES string of the molecule is COC(CC(C)(N)c1cc([N+](=O)[O-])ccc1F)OC. The van der Waals surface area contributed by atoms with Gasteiger partial charge in [-0.1, -0.05) is 0 Å². The fourth-order valence-corrected chi connectivity index (χ4v) is 1.78. The number of halogens is 1. The molecular formula is C12H17FN2O4. The van der Waals surface area contributed by atoms with Crippen LogP contribution in [-0.2, 0) is 15.0 Å². The van der Waals surface area contributed by atoms with Gasteiger partial charge in [0.15, 0.2) is 6.29 Å². The van der Waals surface area contributed by atoms with Crippen molar-refractivity contribution in [3.8, 4) is 0 Å². The second-order valence-electron chi connectivity index (χ2n) is 4.44. The Hall–Kier alpha value is -1.57. The molecule has 0 spiro atoms. The predicted octanol–water partition coefficient (Wildman–Crippen LogP) is 1.92. The minimum atomic E-state index is -1.15. The summed E-state index contributed by atoms with van der Waals surface area (Å²) in [4.78, 5) is 10.1. The van der Waals surface area contributed by atoms with E-state index in [0.717, 1.165) is 18.2 Å². The topological polar surface area (TPSA) is 87.6 Å². The van der Waals surface area contributed by atoms with Crippen molar-refractivity contribution in [3.63, 3.8) is 0 Å². The van der Waals surface area contributed by atoms with E-state index >= 15 is 0 Å². The van der Waals surface area contributed by atoms with E-state index in [0.29, 0.717) is 0 Å². The number of nitrogens with zero attached hydrogens (tertiary/aromatic N) is 1. The van der Waals surface area contributed by atoms with Crippen LogP contribution in [0.1, 0.15) is 18.9 Å². The largest absolute Gasteiger partial charge is 0.356 e. The number of hydrogen-bond acceptors (Lipinski definition) is 5. The summed E-state index contributed by atoms with van der Waals surface area (Å²) < 4.78 is 23.8. The van der Waals surface area contributed by atoms with Crippen molar-refractivity contribution in [2.45, 2.75) is 25.2 Å². The fraction of sp³-hybridized carbons (Fsp3) is 0.500. The average Bonchev–Trinajstić information content (AvgIpc) is 2.35. The molecule has 0 heterocycles. The summed E-state index contributed by atoms with van der Waals surface area (Å²) in [7, 11) is 2.88. The van der Waals surface area contributed by atoms with Crippen molar-refractivity contribution in [3.05, 3.63) is 39.7 Å². The van der Waals surface area contributed by atoms with Crippen LogP contribution in [0.15, 0.2) is 18.2 Å². The van der Waals surface area contributed by atoms with Crippen molar-refractivity contribution in [1.29, 1.82) is 0 Å². The van der Waals surface area contributed by atoms with Gasteiger partial charge in [-0.2, -0.15) is 0 Å². The van der Waals surface area contributed by atoms with Gasteiger partial charge in [-0.15, -0.1) is 0 Å². The van der Waals surface area contributed by atoms with E-state index in [1.807, 2.05) is 0 Å². The molecule has 0 fully saturated rings. The molecule has 0 radical (unpaired) electrons. The third kappa shape index (κ3) is 3.69. The molecule has 0 amide bonds. The molecule has 1 aromatic carbocycles. The molecule has 1 atom stereocenters. The summed E-state index contributed by atoms with van der Waals surface area (Å²) in [5.74, 6) is -0.596. The number of ether oxygens (including phenoxy) is 2. The van der Waals surface area contributed by atoms with Gasteiger partial charge >= 0.3 is 0 Å². The summed E-state index contributed by atoms with van der Waals surface area (Å²) in [5.41, 5.74) is 4.74. The minimum Gasteiger partial charge on any atom is -0.356 e. The van der Waals surface area contributed by atoms with E-state index in [4.69, 9.17) is 15.2 Å². The number of methoxy groups -OCH3 is 2. The Kier molecular flexibility index (Phi) is 4.93. The average molecular weight is 272 g/mol. The molecule has 2 N–H and O–H groups in total. The van der Waals surface area contributed by atoms with E-state index in [2.05, 4.69) is 0 Å². The Bertz CT molecular complexity index is 461. The number of rotatable bonds is 6. The van der Waals surface area contributed by atoms with Gasteiger partial charge in [0.1, 0.15) is 5.82 Å². The van der Waals surface area contributed by atoms with Gasteiger partial charge in [0.25, 0.3) is 5.69 Å². The molecule has 0 bridgehead atoms. The van der Waals surface area contributed by atoms with Crippen LogP contribution in [0.5, 0.6) is 0 Å². The Labute approximate surface area is 110 Å². The zero-order valence-electron chi connectivity index (χ0n) is 11.1. The molecule has 1 aromatic rings. The summed E-state index contributed by atoms with van der Waals surface area (Å²) in [6, 6.07) is 3.27. The maximum Gasteiger partial charge on any atom is 0.269 e. The lowest BCUT2D eigenvalue weighted by Crippen LogP contribution is -2.39. The molecule has 6 nitrogen and oxygen atoms in total. The predicted molar refractivity (Wildman–Crippen MR) is 67.0 cm³/mol. The van der Waals surface area contributed by atoms with Gasteiger partial charge in [0.2, 0.25) is 0 Å². The van der Waals surface area contributed by atoms with E-state index in [9.17, 15) is 14.5 Å². The maximum atomic E-state index is 13.8. The standard InChI is InChI=1S/C12H17FN2O4/c1-12(14,7-11(18-2)19-3)9-6-8(15(16)17)4-5-10(9)13/h4-6,11H,7,14H2,1-3H3. The molecule has 0 aromatic heterocycles. The summed E-state index contributed by atoms with van der Waals surface area (Å²) in [6.07, 6.45) is -0.452. The minimum absolute atomic E-state index is 0.0563. The van der Waals surface area contributed by atoms with Crippen LogP contribution in [0.3, 0.4) is 0 Å². The number of benzene rings is 1. The maximum absolute atomic E-state index is 13.8. The number of nitrogens with two attached hydrogens (primary N) is 1. The van der Waals surface area contributed by atoms with Crippen LogP contribution in [0.25, 0.3) is 0 Å². The molecule has 106 valence electrons. The lowest BCUT2D eigenvalue weighted by atomic mass is 9.88. The van der Waals surface area contributed by atoms with Crippen molar-refractivity contribution in [1.82, 2.24) is 0 Å². The highest BCUT2D eigenvalue weighted by atomic mass is 19.1. The smallest absolute Gasteiger partial charge is 0.269 e. The van der Waals surface area contributed by atoms with E-state index < -0.39 is 22.6 Å². The number of nitro groups is 1. The molecule has 1 unspecified atom stereocenters. The number of hydrogen-bond donors (Lipinski definition) is 1. The number of non-ortho nitro benzene ring substituents is 1. The lowest BCUT2D eigenvalue weighted by molar-refractivity contribution is -0.385. The van der Waals surface area contributed by atoms with Gasteiger partial charge in [-0.3, -0.25) is 10.1 Å². The van der Waals surface area contributed by atoms with Crippen LogP contribution < -0.4 is 5.73 Å². The first kappa shape index (κ1) is 15.5. The highest BCUT2D eigenvalue weighted by molar-refractivity contribution is 5.38. The first-order valence-electron chi connectivity index (χ1n) is 5.60. The van der Waals surface area contributed by atoms with Crippen molar-refractivity contribution < 1.29 is 18.8 Å². The molecular weight excluding hydrogens is 255 g/mol. The molecule has 19 heavy (non-hydrogen) atoms. The second-order valence-corrected chi connectivity index (χ2v) is 4.44. The molecule has 0 saturated carbocycles. The van der Waals surface area contributed by atoms with E-state index in [1.165, 1.54) is 14.2 Å². The van der Waals surface area contributed by atoms with Gasteiger partial charge in [0.05, 0.1) is 4.92 Å². The van der Waals surface area contributed by atoms with Crippen molar-refractivity contribution in [2.75, 3.05) is 14.2 Å². The first-order chi connectivity index (χ1) is 8.81. The highest BCUT2D eigenvalue weighted by Gasteiger charge is 2.30. The Morgan fingerprint density at radius 1 is 1.47 bits per heavy atom. The summed E-state index contributed by atoms with van der Waals surface area (Å²) in [5, 5.41) is 10.7. The van der Waals surface area contributed by atoms with E-state index in [-0.39, 0.29) is 17.7 Å². The Balaban J connectivity index is 3.12. The van der Waals surface area contributed by atoms with Gasteiger partial charge in [-0.05, 0) is 13.0 Å². The van der Waals surface area contributed by atoms with Crippen LogP contribution >= 0.6 is 0 Å². The van der Waals surface area contributed by atoms with Gasteiger partial charge < -0.3 is 15.2 Å². The molecule has 0 aliphatic rings. The normalized spacial score (nSPS) is 14.4. The zero-order valence-corrected chi connectivity index (χ0v) is 11.1. The van der Waals surface area contributed by atoms with Crippen molar-refractivity contribution >= 4 is 5.69 Å². The molecule has 7 heteroatoms. The zero-order chi connectivity index (χ0) is 14.6. The van der Waals surface area contributed by atoms with Crippen LogP contribution in [-0.4, -0.2) is 25.4 Å². The van der Waals surface area contributed by atoms with E-state index in [1.54, 1.807) is 6.92 Å². The lowest BCUT2D eigenvalue weighted by Gasteiger charge is -2.28. The third-order valence-corrected chi connectivity index (χ3v) is 2.89.